The zero-order valence-electron chi connectivity index (χ0n) is 14.5. The van der Waals surface area contributed by atoms with Crippen LogP contribution in [0.3, 0.4) is 0 Å². The van der Waals surface area contributed by atoms with Crippen LogP contribution >= 0.6 is 23.2 Å². The van der Waals surface area contributed by atoms with Crippen LogP contribution in [0.1, 0.15) is 11.1 Å². The number of rotatable bonds is 7. The topological polar surface area (TPSA) is 67.8 Å². The van der Waals surface area contributed by atoms with E-state index in [0.29, 0.717) is 22.4 Å². The number of nitrogens with one attached hydrogen (secondary N) is 1. The SMILES string of the molecule is O=S(=O)(NN=Cc1ccc(OCc2ccc(Cl)cc2)cc1)c1ccc(Cl)cc1. The molecule has 0 saturated carbocycles. The highest BCUT2D eigenvalue weighted by atomic mass is 35.5. The minimum absolute atomic E-state index is 0.0833. The van der Waals surface area contributed by atoms with Crippen molar-refractivity contribution in [2.45, 2.75) is 11.5 Å². The van der Waals surface area contributed by atoms with Crippen LogP contribution in [-0.2, 0) is 16.6 Å². The molecule has 3 aromatic carbocycles. The van der Waals surface area contributed by atoms with Gasteiger partial charge in [-0.25, -0.2) is 4.83 Å². The molecule has 0 bridgehead atoms. The molecule has 5 nitrogen and oxygen atoms in total. The molecule has 3 rings (SSSR count). The Kier molecular flexibility index (Phi) is 6.57. The maximum absolute atomic E-state index is 12.1. The smallest absolute Gasteiger partial charge is 0.276 e. The van der Waals surface area contributed by atoms with Crippen molar-refractivity contribution in [3.63, 3.8) is 0 Å². The zero-order valence-corrected chi connectivity index (χ0v) is 16.9. The molecule has 0 unspecified atom stereocenters. The summed E-state index contributed by atoms with van der Waals surface area (Å²) >= 11 is 11.6. The minimum atomic E-state index is -3.74. The van der Waals surface area contributed by atoms with Crippen molar-refractivity contribution in [1.29, 1.82) is 0 Å². The van der Waals surface area contributed by atoms with Gasteiger partial charge in [0.2, 0.25) is 0 Å². The number of halogens is 2. The van der Waals surface area contributed by atoms with Gasteiger partial charge >= 0.3 is 0 Å². The first-order valence-electron chi connectivity index (χ1n) is 8.20. The van der Waals surface area contributed by atoms with Gasteiger partial charge in [-0.1, -0.05) is 35.3 Å². The number of ether oxygens (including phenoxy) is 1. The highest BCUT2D eigenvalue weighted by molar-refractivity contribution is 7.89. The van der Waals surface area contributed by atoms with Crippen LogP contribution in [-0.4, -0.2) is 14.6 Å². The van der Waals surface area contributed by atoms with Gasteiger partial charge in [-0.3, -0.25) is 0 Å². The van der Waals surface area contributed by atoms with E-state index in [-0.39, 0.29) is 4.90 Å². The summed E-state index contributed by atoms with van der Waals surface area (Å²) in [7, 11) is -3.74. The normalized spacial score (nSPS) is 11.5. The van der Waals surface area contributed by atoms with E-state index in [1.807, 2.05) is 24.3 Å². The van der Waals surface area contributed by atoms with Crippen molar-refractivity contribution < 1.29 is 13.2 Å². The van der Waals surface area contributed by atoms with Gasteiger partial charge in [0.05, 0.1) is 11.1 Å². The van der Waals surface area contributed by atoms with Crippen LogP contribution < -0.4 is 9.57 Å². The predicted octanol–water partition coefficient (Wildman–Crippen LogP) is 4.88. The number of hydrogen-bond acceptors (Lipinski definition) is 4. The highest BCUT2D eigenvalue weighted by Crippen LogP contribution is 2.16. The lowest BCUT2D eigenvalue weighted by atomic mass is 10.2. The van der Waals surface area contributed by atoms with E-state index >= 15 is 0 Å². The van der Waals surface area contributed by atoms with Crippen molar-refractivity contribution in [2.75, 3.05) is 0 Å². The maximum Gasteiger partial charge on any atom is 0.276 e. The average molecular weight is 435 g/mol. The number of hydrogen-bond donors (Lipinski definition) is 1. The molecule has 0 aromatic heterocycles. The Labute approximate surface area is 173 Å². The van der Waals surface area contributed by atoms with Crippen LogP contribution in [0.15, 0.2) is 82.8 Å². The largest absolute Gasteiger partial charge is 0.489 e. The van der Waals surface area contributed by atoms with Crippen LogP contribution in [0, 0.1) is 0 Å². The first kappa shape index (κ1) is 20.2. The van der Waals surface area contributed by atoms with Crippen LogP contribution in [0.2, 0.25) is 10.0 Å². The molecular formula is C20H16Cl2N2O3S. The Balaban J connectivity index is 1.56. The molecule has 8 heteroatoms. The minimum Gasteiger partial charge on any atom is -0.489 e. The number of sulfonamides is 1. The lowest BCUT2D eigenvalue weighted by Gasteiger charge is -2.06. The summed E-state index contributed by atoms with van der Waals surface area (Å²) in [6, 6.07) is 20.4. The molecule has 28 heavy (non-hydrogen) atoms. The van der Waals surface area contributed by atoms with Gasteiger partial charge < -0.3 is 4.74 Å². The van der Waals surface area contributed by atoms with Gasteiger partial charge in [0.15, 0.2) is 0 Å². The molecule has 0 saturated heterocycles. The molecule has 0 fully saturated rings. The van der Waals surface area contributed by atoms with E-state index in [1.165, 1.54) is 30.5 Å². The van der Waals surface area contributed by atoms with Gasteiger partial charge in [-0.05, 0) is 71.8 Å². The summed E-state index contributed by atoms with van der Waals surface area (Å²) in [6.07, 6.45) is 1.41. The lowest BCUT2D eigenvalue weighted by Crippen LogP contribution is -2.18. The molecule has 0 spiro atoms. The average Bonchev–Trinajstić information content (AvgIpc) is 2.69. The summed E-state index contributed by atoms with van der Waals surface area (Å²) in [5.41, 5.74) is 1.73. The molecule has 0 aliphatic rings. The Morgan fingerprint density at radius 2 is 1.43 bits per heavy atom. The molecular weight excluding hydrogens is 419 g/mol. The molecule has 144 valence electrons. The summed E-state index contributed by atoms with van der Waals surface area (Å²) in [5.74, 6) is 0.689. The molecule has 0 aliphatic heterocycles. The molecule has 0 aliphatic carbocycles. The molecule has 0 amide bonds. The summed E-state index contributed by atoms with van der Waals surface area (Å²) in [6.45, 7) is 0.422. The Morgan fingerprint density at radius 3 is 2.04 bits per heavy atom. The second-order valence-corrected chi connectivity index (χ2v) is 8.32. The molecule has 0 radical (unpaired) electrons. The van der Waals surface area contributed by atoms with E-state index in [9.17, 15) is 8.42 Å². The molecule has 0 atom stereocenters. The van der Waals surface area contributed by atoms with E-state index in [1.54, 1.807) is 24.3 Å². The van der Waals surface area contributed by atoms with Gasteiger partial charge in [0.1, 0.15) is 12.4 Å². The van der Waals surface area contributed by atoms with E-state index in [2.05, 4.69) is 9.93 Å². The second-order valence-electron chi connectivity index (χ2n) is 5.79. The Hall–Kier alpha value is -2.54. The summed E-state index contributed by atoms with van der Waals surface area (Å²) in [4.78, 5) is 2.25. The van der Waals surface area contributed by atoms with Crippen molar-refractivity contribution in [1.82, 2.24) is 4.83 Å². The first-order chi connectivity index (χ1) is 13.4. The second kappa shape index (κ2) is 9.10. The van der Waals surface area contributed by atoms with Crippen molar-refractivity contribution in [3.05, 3.63) is 94.0 Å². The third-order valence-corrected chi connectivity index (χ3v) is 5.45. The number of hydrazone groups is 1. The predicted molar refractivity (Wildman–Crippen MR) is 112 cm³/mol. The van der Waals surface area contributed by atoms with Crippen LogP contribution in [0.4, 0.5) is 0 Å². The first-order valence-corrected chi connectivity index (χ1v) is 10.4. The van der Waals surface area contributed by atoms with E-state index < -0.39 is 10.0 Å². The van der Waals surface area contributed by atoms with Gasteiger partial charge in [-0.15, -0.1) is 0 Å². The quantitative estimate of drug-likeness (QED) is 0.425. The highest BCUT2D eigenvalue weighted by Gasteiger charge is 2.11. The van der Waals surface area contributed by atoms with Crippen molar-refractivity contribution in [3.8, 4) is 5.75 Å². The van der Waals surface area contributed by atoms with Crippen molar-refractivity contribution in [2.24, 2.45) is 5.10 Å². The third kappa shape index (κ3) is 5.73. The van der Waals surface area contributed by atoms with Gasteiger partial charge in [0, 0.05) is 10.0 Å². The zero-order chi connectivity index (χ0) is 20.0. The summed E-state index contributed by atoms with van der Waals surface area (Å²) in [5, 5.41) is 4.93. The molecule has 1 N–H and O–H groups in total. The van der Waals surface area contributed by atoms with Gasteiger partial charge in [-0.2, -0.15) is 13.5 Å². The van der Waals surface area contributed by atoms with Gasteiger partial charge in [0.25, 0.3) is 10.0 Å². The number of benzene rings is 3. The molecule has 3 aromatic rings. The Morgan fingerprint density at radius 1 is 0.857 bits per heavy atom. The van der Waals surface area contributed by atoms with E-state index in [0.717, 1.165) is 11.1 Å². The van der Waals surface area contributed by atoms with Crippen LogP contribution in [0.25, 0.3) is 0 Å². The fourth-order valence-corrected chi connectivity index (χ4v) is 3.28. The number of nitrogens with zero attached hydrogens (tertiary/aromatic N) is 1. The Bertz CT molecular complexity index is 1050. The fourth-order valence-electron chi connectivity index (χ4n) is 2.23. The monoisotopic (exact) mass is 434 g/mol. The standard InChI is InChI=1S/C20H16Cl2N2O3S/c21-17-5-1-16(2-6-17)14-27-19-9-3-15(4-10-19)13-23-24-28(25,26)20-11-7-18(22)8-12-20/h1-13,24H,14H2. The maximum atomic E-state index is 12.1. The summed E-state index contributed by atoms with van der Waals surface area (Å²) < 4.78 is 30.0. The fraction of sp³-hybridized carbons (Fsp3) is 0.0500. The lowest BCUT2D eigenvalue weighted by molar-refractivity contribution is 0.306. The third-order valence-electron chi connectivity index (χ3n) is 3.71. The van der Waals surface area contributed by atoms with E-state index in [4.69, 9.17) is 27.9 Å². The van der Waals surface area contributed by atoms with Crippen LogP contribution in [0.5, 0.6) is 5.75 Å². The van der Waals surface area contributed by atoms with Crippen molar-refractivity contribution >= 4 is 39.4 Å². The molecule has 0 heterocycles.